The monoisotopic (exact) mass is 197 g/mol. The summed E-state index contributed by atoms with van der Waals surface area (Å²) in [5.41, 5.74) is 6.65. The van der Waals surface area contributed by atoms with Gasteiger partial charge in [-0.05, 0) is 5.92 Å². The van der Waals surface area contributed by atoms with Gasteiger partial charge < -0.3 is 15.1 Å². The lowest BCUT2D eigenvalue weighted by molar-refractivity contribution is 0.490. The van der Waals surface area contributed by atoms with Gasteiger partial charge in [0.1, 0.15) is 6.26 Å². The number of nitrogens with zero attached hydrogens (tertiary/aromatic N) is 2. The molecule has 1 aromatic rings. The lowest BCUT2D eigenvalue weighted by atomic mass is 9.93. The Morgan fingerprint density at radius 1 is 1.50 bits per heavy atom. The van der Waals surface area contributed by atoms with Gasteiger partial charge in [-0.1, -0.05) is 13.8 Å². The summed E-state index contributed by atoms with van der Waals surface area (Å²) in [6.45, 7) is 4.89. The third kappa shape index (κ3) is 2.26. The van der Waals surface area contributed by atoms with Gasteiger partial charge in [-0.2, -0.15) is 4.98 Å². The number of hydrogen-bond acceptors (Lipinski definition) is 4. The Labute approximate surface area is 85.1 Å². The standard InChI is InChI=1S/C10H19N3O/c1-7(2)8(5-11)9-6-14-10(12-9)13(3)4/h6-8H,5,11H2,1-4H3. The summed E-state index contributed by atoms with van der Waals surface area (Å²) >= 11 is 0. The fourth-order valence-corrected chi connectivity index (χ4v) is 1.39. The van der Waals surface area contributed by atoms with Crippen molar-refractivity contribution in [1.82, 2.24) is 4.98 Å². The van der Waals surface area contributed by atoms with Crippen molar-refractivity contribution in [3.05, 3.63) is 12.0 Å². The van der Waals surface area contributed by atoms with Gasteiger partial charge in [0.05, 0.1) is 5.69 Å². The molecule has 4 nitrogen and oxygen atoms in total. The molecule has 0 radical (unpaired) electrons. The van der Waals surface area contributed by atoms with Gasteiger partial charge in [-0.15, -0.1) is 0 Å². The van der Waals surface area contributed by atoms with Crippen LogP contribution >= 0.6 is 0 Å². The smallest absolute Gasteiger partial charge is 0.296 e. The highest BCUT2D eigenvalue weighted by Crippen LogP contribution is 2.24. The van der Waals surface area contributed by atoms with E-state index in [4.69, 9.17) is 10.2 Å². The molecule has 0 saturated heterocycles. The molecule has 0 aliphatic carbocycles. The molecule has 2 N–H and O–H groups in total. The maximum atomic E-state index is 5.70. The average molecular weight is 197 g/mol. The van der Waals surface area contributed by atoms with E-state index in [-0.39, 0.29) is 5.92 Å². The van der Waals surface area contributed by atoms with Gasteiger partial charge in [0.15, 0.2) is 0 Å². The van der Waals surface area contributed by atoms with E-state index in [1.165, 1.54) is 0 Å². The average Bonchev–Trinajstić information content (AvgIpc) is 2.53. The van der Waals surface area contributed by atoms with Crippen molar-refractivity contribution in [2.75, 3.05) is 25.5 Å². The molecular formula is C10H19N3O. The van der Waals surface area contributed by atoms with Crippen molar-refractivity contribution in [2.45, 2.75) is 19.8 Å². The Hall–Kier alpha value is -1.03. The normalized spacial score (nSPS) is 13.3. The summed E-state index contributed by atoms with van der Waals surface area (Å²) in [6.07, 6.45) is 1.70. The molecule has 0 aliphatic heterocycles. The minimum absolute atomic E-state index is 0.285. The zero-order valence-electron chi connectivity index (χ0n) is 9.32. The lowest BCUT2D eigenvalue weighted by Gasteiger charge is -2.15. The van der Waals surface area contributed by atoms with E-state index in [2.05, 4.69) is 18.8 Å². The van der Waals surface area contributed by atoms with Crippen molar-refractivity contribution < 1.29 is 4.42 Å². The van der Waals surface area contributed by atoms with Crippen molar-refractivity contribution in [3.8, 4) is 0 Å². The van der Waals surface area contributed by atoms with Gasteiger partial charge in [0.2, 0.25) is 0 Å². The van der Waals surface area contributed by atoms with Crippen molar-refractivity contribution in [3.63, 3.8) is 0 Å². The number of rotatable bonds is 4. The van der Waals surface area contributed by atoms with Crippen LogP contribution in [-0.2, 0) is 0 Å². The minimum Gasteiger partial charge on any atom is -0.432 e. The van der Waals surface area contributed by atoms with Crippen LogP contribution in [0.3, 0.4) is 0 Å². The molecule has 0 amide bonds. The van der Waals surface area contributed by atoms with Crippen molar-refractivity contribution in [1.29, 1.82) is 0 Å². The Kier molecular flexibility index (Phi) is 3.52. The Bertz CT molecular complexity index is 281. The molecule has 0 aliphatic rings. The van der Waals surface area contributed by atoms with Crippen molar-refractivity contribution >= 4 is 6.01 Å². The number of hydrogen-bond donors (Lipinski definition) is 1. The predicted octanol–water partition coefficient (Wildman–Crippen LogP) is 1.44. The van der Waals surface area contributed by atoms with E-state index in [0.717, 1.165) is 5.69 Å². The van der Waals surface area contributed by atoms with E-state index >= 15 is 0 Å². The number of anilines is 1. The Morgan fingerprint density at radius 3 is 2.50 bits per heavy atom. The van der Waals surface area contributed by atoms with Crippen LogP contribution in [0.4, 0.5) is 6.01 Å². The lowest BCUT2D eigenvalue weighted by Crippen LogP contribution is -2.18. The van der Waals surface area contributed by atoms with Crippen LogP contribution in [-0.4, -0.2) is 25.6 Å². The van der Waals surface area contributed by atoms with Crippen LogP contribution in [0.5, 0.6) is 0 Å². The van der Waals surface area contributed by atoms with E-state index in [1.54, 1.807) is 6.26 Å². The third-order valence-electron chi connectivity index (χ3n) is 2.33. The molecule has 1 heterocycles. The summed E-state index contributed by atoms with van der Waals surface area (Å²) in [4.78, 5) is 6.23. The first-order chi connectivity index (χ1) is 6.56. The summed E-state index contributed by atoms with van der Waals surface area (Å²) < 4.78 is 5.32. The van der Waals surface area contributed by atoms with E-state index in [1.807, 2.05) is 19.0 Å². The molecule has 1 atom stereocenters. The van der Waals surface area contributed by atoms with Crippen molar-refractivity contribution in [2.24, 2.45) is 11.7 Å². The second-order valence-corrected chi connectivity index (χ2v) is 4.04. The SMILES string of the molecule is CC(C)C(CN)c1coc(N(C)C)n1. The molecule has 0 saturated carbocycles. The second-order valence-electron chi connectivity index (χ2n) is 4.04. The maximum Gasteiger partial charge on any atom is 0.296 e. The van der Waals surface area contributed by atoms with Crippen LogP contribution < -0.4 is 10.6 Å². The Morgan fingerprint density at radius 2 is 2.14 bits per heavy atom. The molecule has 4 heteroatoms. The fraction of sp³-hybridized carbons (Fsp3) is 0.700. The van der Waals surface area contributed by atoms with Crippen LogP contribution in [0.25, 0.3) is 0 Å². The Balaban J connectivity index is 2.84. The maximum absolute atomic E-state index is 5.70. The second kappa shape index (κ2) is 4.46. The first-order valence-electron chi connectivity index (χ1n) is 4.89. The summed E-state index contributed by atoms with van der Waals surface area (Å²) in [5, 5.41) is 0. The van der Waals surface area contributed by atoms with Crippen LogP contribution in [0.1, 0.15) is 25.5 Å². The molecule has 0 fully saturated rings. The molecular weight excluding hydrogens is 178 g/mol. The number of oxazole rings is 1. The minimum atomic E-state index is 0.285. The van der Waals surface area contributed by atoms with E-state index < -0.39 is 0 Å². The first-order valence-corrected chi connectivity index (χ1v) is 4.89. The number of nitrogens with two attached hydrogens (primary N) is 1. The topological polar surface area (TPSA) is 55.3 Å². The van der Waals surface area contributed by atoms with Crippen LogP contribution in [0, 0.1) is 5.92 Å². The highest BCUT2D eigenvalue weighted by molar-refractivity contribution is 5.25. The van der Waals surface area contributed by atoms with Crippen LogP contribution in [0.2, 0.25) is 0 Å². The molecule has 1 aromatic heterocycles. The molecule has 0 spiro atoms. The summed E-state index contributed by atoms with van der Waals surface area (Å²) in [7, 11) is 3.81. The van der Waals surface area contributed by atoms with Crippen LogP contribution in [0.15, 0.2) is 10.7 Å². The zero-order valence-corrected chi connectivity index (χ0v) is 9.32. The molecule has 1 rings (SSSR count). The zero-order chi connectivity index (χ0) is 10.7. The van der Waals surface area contributed by atoms with Gasteiger partial charge in [-0.25, -0.2) is 0 Å². The summed E-state index contributed by atoms with van der Waals surface area (Å²) in [6, 6.07) is 0.638. The fourth-order valence-electron chi connectivity index (χ4n) is 1.39. The van der Waals surface area contributed by atoms with Gasteiger partial charge in [0, 0.05) is 26.6 Å². The van der Waals surface area contributed by atoms with Gasteiger partial charge in [-0.3, -0.25) is 0 Å². The molecule has 1 unspecified atom stereocenters. The van der Waals surface area contributed by atoms with E-state index in [9.17, 15) is 0 Å². The highest BCUT2D eigenvalue weighted by Gasteiger charge is 2.18. The predicted molar refractivity (Wildman–Crippen MR) is 57.5 cm³/mol. The highest BCUT2D eigenvalue weighted by atomic mass is 16.4. The largest absolute Gasteiger partial charge is 0.432 e. The molecule has 0 aromatic carbocycles. The number of aromatic nitrogens is 1. The quantitative estimate of drug-likeness (QED) is 0.793. The molecule has 14 heavy (non-hydrogen) atoms. The van der Waals surface area contributed by atoms with Gasteiger partial charge >= 0.3 is 0 Å². The first kappa shape index (κ1) is 11.0. The molecule has 80 valence electrons. The summed E-state index contributed by atoms with van der Waals surface area (Å²) in [5.74, 6) is 0.771. The third-order valence-corrected chi connectivity index (χ3v) is 2.33. The van der Waals surface area contributed by atoms with Gasteiger partial charge in [0.25, 0.3) is 6.01 Å². The van der Waals surface area contributed by atoms with E-state index in [0.29, 0.717) is 18.5 Å². The molecule has 0 bridgehead atoms.